The molecule has 3 saturated carbocycles. The number of para-hydroxylation sites is 2. The third-order valence-electron chi connectivity index (χ3n) is 10.7. The zero-order chi connectivity index (χ0) is 34.2. The van der Waals surface area contributed by atoms with Gasteiger partial charge in [0.05, 0.1) is 29.0 Å². The van der Waals surface area contributed by atoms with Gasteiger partial charge >= 0.3 is 7.12 Å². The van der Waals surface area contributed by atoms with Crippen LogP contribution in [0, 0.1) is 23.2 Å². The van der Waals surface area contributed by atoms with Gasteiger partial charge in [-0.2, -0.15) is 0 Å². The first-order chi connectivity index (χ1) is 22.8. The number of carbonyl (C=O) groups is 3. The first kappa shape index (κ1) is 33.7. The average Bonchev–Trinajstić information content (AvgIpc) is 3.43. The fourth-order valence-corrected chi connectivity index (χ4v) is 7.85. The van der Waals surface area contributed by atoms with E-state index in [9.17, 15) is 14.4 Å². The number of anilines is 2. The predicted octanol–water partition coefficient (Wildman–Crippen LogP) is 5.66. The minimum atomic E-state index is -0.887. The Morgan fingerprint density at radius 3 is 2.29 bits per heavy atom. The number of carbonyl (C=O) groups excluding carboxylic acids is 3. The first-order valence-electron chi connectivity index (χ1n) is 17.1. The van der Waals surface area contributed by atoms with Crippen LogP contribution in [0.3, 0.4) is 0 Å². The van der Waals surface area contributed by atoms with Gasteiger partial charge < -0.3 is 31.0 Å². The number of hydrogen-bond donors (Lipinski definition) is 4. The van der Waals surface area contributed by atoms with Gasteiger partial charge in [0.25, 0.3) is 11.8 Å². The van der Waals surface area contributed by atoms with E-state index >= 15 is 0 Å². The molecular formula is C38H47BN4O5. The predicted molar refractivity (Wildman–Crippen MR) is 188 cm³/mol. The molecule has 4 aliphatic rings. The lowest BCUT2D eigenvalue weighted by atomic mass is 9.45. The van der Waals surface area contributed by atoms with E-state index in [1.807, 2.05) is 30.3 Å². The Labute approximate surface area is 283 Å². The third-order valence-corrected chi connectivity index (χ3v) is 10.7. The molecule has 0 unspecified atom stereocenters. The quantitative estimate of drug-likeness (QED) is 0.157. The molecule has 3 aromatic rings. The lowest BCUT2D eigenvalue weighted by molar-refractivity contribution is -0.185. The van der Waals surface area contributed by atoms with Crippen LogP contribution in [0.25, 0.3) is 0 Å². The smallest absolute Gasteiger partial charge is 0.404 e. The standard InChI is InChI=1S/C38H47BN4O5/c1-23(2)18-32(39-47-33-28-21-27(37(28,3)4)22-38(33,5)48-39)43-36(46)31(19-24-12-7-6-8-13-24)42-35(45)26-15-11-14-25(20-26)34(44)41-30-17-10-9-16-29(30)40/h6-17,20,23,27-28,31-33H,18-19,21-22,40H2,1-5H3,(H,41,44)(H,42,45)(H,43,46)/t27-,28+,31+,32+,33-,38+/m1/s1. The van der Waals surface area contributed by atoms with E-state index in [4.69, 9.17) is 15.0 Å². The Hall–Kier alpha value is -4.15. The van der Waals surface area contributed by atoms with Crippen molar-refractivity contribution in [2.75, 3.05) is 11.1 Å². The first-order valence-corrected chi connectivity index (χ1v) is 17.1. The molecule has 6 atom stereocenters. The molecule has 1 aliphatic heterocycles. The highest BCUT2D eigenvalue weighted by atomic mass is 16.7. The Morgan fingerprint density at radius 2 is 1.60 bits per heavy atom. The van der Waals surface area contributed by atoms with Crippen LogP contribution in [0.1, 0.15) is 80.2 Å². The summed E-state index contributed by atoms with van der Waals surface area (Å²) in [5, 5.41) is 8.97. The highest BCUT2D eigenvalue weighted by molar-refractivity contribution is 6.48. The topological polar surface area (TPSA) is 132 Å². The summed E-state index contributed by atoms with van der Waals surface area (Å²) in [6.07, 6.45) is 3.02. The molecule has 3 aliphatic carbocycles. The maximum absolute atomic E-state index is 14.1. The summed E-state index contributed by atoms with van der Waals surface area (Å²) >= 11 is 0. The van der Waals surface area contributed by atoms with Crippen LogP contribution in [-0.2, 0) is 20.5 Å². The summed E-state index contributed by atoms with van der Waals surface area (Å²) in [4.78, 5) is 40.8. The Kier molecular flexibility index (Phi) is 9.42. The maximum atomic E-state index is 14.1. The molecule has 2 bridgehead atoms. The highest BCUT2D eigenvalue weighted by Gasteiger charge is 2.67. The molecule has 3 aromatic carbocycles. The number of nitrogens with one attached hydrogen (secondary N) is 3. The molecule has 4 fully saturated rings. The van der Waals surface area contributed by atoms with Crippen molar-refractivity contribution >= 4 is 36.2 Å². The summed E-state index contributed by atoms with van der Waals surface area (Å²) in [6.45, 7) is 11.0. The van der Waals surface area contributed by atoms with E-state index in [0.29, 0.717) is 35.2 Å². The van der Waals surface area contributed by atoms with E-state index in [0.717, 1.165) is 18.4 Å². The monoisotopic (exact) mass is 650 g/mol. The van der Waals surface area contributed by atoms with E-state index in [-0.39, 0.29) is 40.9 Å². The second kappa shape index (κ2) is 13.4. The van der Waals surface area contributed by atoms with E-state index in [1.165, 1.54) is 6.07 Å². The van der Waals surface area contributed by atoms with Crippen LogP contribution < -0.4 is 21.7 Å². The van der Waals surface area contributed by atoms with Crippen molar-refractivity contribution in [3.05, 3.63) is 95.6 Å². The average molecular weight is 651 g/mol. The van der Waals surface area contributed by atoms with Crippen LogP contribution in [-0.4, -0.2) is 48.5 Å². The number of nitrogens with two attached hydrogens (primary N) is 1. The molecule has 10 heteroatoms. The molecule has 1 heterocycles. The lowest BCUT2D eigenvalue weighted by Crippen LogP contribution is -2.63. The number of rotatable bonds is 11. The van der Waals surface area contributed by atoms with Gasteiger partial charge in [0.1, 0.15) is 6.04 Å². The van der Waals surface area contributed by atoms with E-state index in [2.05, 4.69) is 50.6 Å². The molecule has 9 nitrogen and oxygen atoms in total. The molecule has 7 rings (SSSR count). The van der Waals surface area contributed by atoms with Crippen LogP contribution in [0.4, 0.5) is 11.4 Å². The Bertz CT molecular complexity index is 1670. The fraction of sp³-hybridized carbons (Fsp3) is 0.447. The van der Waals surface area contributed by atoms with Gasteiger partial charge in [-0.15, -0.1) is 0 Å². The molecule has 252 valence electrons. The summed E-state index contributed by atoms with van der Waals surface area (Å²) in [7, 11) is -0.580. The van der Waals surface area contributed by atoms with Gasteiger partial charge in [-0.05, 0) is 85.3 Å². The maximum Gasteiger partial charge on any atom is 0.481 e. The summed E-state index contributed by atoms with van der Waals surface area (Å²) in [5.74, 6) is -0.273. The summed E-state index contributed by atoms with van der Waals surface area (Å²) < 4.78 is 13.4. The zero-order valence-corrected chi connectivity index (χ0v) is 28.5. The van der Waals surface area contributed by atoms with Gasteiger partial charge in [-0.25, -0.2) is 0 Å². The van der Waals surface area contributed by atoms with Gasteiger partial charge in [0, 0.05) is 17.5 Å². The van der Waals surface area contributed by atoms with Crippen molar-refractivity contribution in [3.63, 3.8) is 0 Å². The van der Waals surface area contributed by atoms with Crippen molar-refractivity contribution in [2.45, 2.75) is 84.0 Å². The van der Waals surface area contributed by atoms with Gasteiger partial charge in [-0.3, -0.25) is 14.4 Å². The second-order valence-electron chi connectivity index (χ2n) is 15.0. The minimum Gasteiger partial charge on any atom is -0.404 e. The normalized spacial score (nSPS) is 25.0. The molecule has 48 heavy (non-hydrogen) atoms. The Balaban J connectivity index is 1.19. The van der Waals surface area contributed by atoms with Crippen LogP contribution in [0.5, 0.6) is 0 Å². The van der Waals surface area contributed by atoms with Crippen molar-refractivity contribution in [2.24, 2.45) is 23.2 Å². The molecule has 0 aromatic heterocycles. The van der Waals surface area contributed by atoms with E-state index in [1.54, 1.807) is 42.5 Å². The van der Waals surface area contributed by atoms with Crippen molar-refractivity contribution in [1.82, 2.24) is 10.6 Å². The number of hydrogen-bond acceptors (Lipinski definition) is 6. The van der Waals surface area contributed by atoms with Crippen LogP contribution in [0.2, 0.25) is 0 Å². The highest BCUT2D eigenvalue weighted by Crippen LogP contribution is 2.64. The summed E-state index contributed by atoms with van der Waals surface area (Å²) in [6, 6.07) is 22.1. The SMILES string of the molecule is CC(C)C[C@H](NC(=O)[C@H](Cc1ccccc1)NC(=O)c1cccc(C(=O)Nc2ccccc2N)c1)B1O[C@@H]2[C@@H]3C[C@H](C[C@]2(C)O1)C3(C)C. The molecule has 0 radical (unpaired) electrons. The van der Waals surface area contributed by atoms with Gasteiger partial charge in [-0.1, -0.05) is 76.2 Å². The van der Waals surface area contributed by atoms with Gasteiger partial charge in [0.2, 0.25) is 5.91 Å². The molecule has 0 spiro atoms. The third kappa shape index (κ3) is 6.87. The minimum absolute atomic E-state index is 0.0170. The summed E-state index contributed by atoms with van der Waals surface area (Å²) in [5.41, 5.74) is 8.21. The van der Waals surface area contributed by atoms with Crippen molar-refractivity contribution in [1.29, 1.82) is 0 Å². The number of nitrogen functional groups attached to an aromatic ring is 1. The number of amides is 3. The van der Waals surface area contributed by atoms with E-state index < -0.39 is 30.9 Å². The molecule has 3 amide bonds. The lowest BCUT2D eigenvalue weighted by Gasteiger charge is -2.63. The van der Waals surface area contributed by atoms with Crippen molar-refractivity contribution in [3.8, 4) is 0 Å². The van der Waals surface area contributed by atoms with Crippen LogP contribution in [0.15, 0.2) is 78.9 Å². The number of benzene rings is 3. The largest absolute Gasteiger partial charge is 0.481 e. The molecular weight excluding hydrogens is 603 g/mol. The van der Waals surface area contributed by atoms with Crippen molar-refractivity contribution < 1.29 is 23.7 Å². The Morgan fingerprint density at radius 1 is 0.917 bits per heavy atom. The van der Waals surface area contributed by atoms with Crippen LogP contribution >= 0.6 is 0 Å². The zero-order valence-electron chi connectivity index (χ0n) is 28.5. The van der Waals surface area contributed by atoms with Gasteiger partial charge in [0.15, 0.2) is 0 Å². The second-order valence-corrected chi connectivity index (χ2v) is 15.0. The molecule has 5 N–H and O–H groups in total. The molecule has 1 saturated heterocycles. The fourth-order valence-electron chi connectivity index (χ4n) is 7.85.